The highest BCUT2D eigenvalue weighted by Crippen LogP contribution is 2.31. The molecule has 0 saturated carbocycles. The lowest BCUT2D eigenvalue weighted by Gasteiger charge is -2.20. The zero-order valence-corrected chi connectivity index (χ0v) is 17.1. The number of nitrogens with one attached hydrogen (secondary N) is 1. The van der Waals surface area contributed by atoms with E-state index in [-0.39, 0.29) is 24.3 Å². The molecule has 0 unspecified atom stereocenters. The normalized spacial score (nSPS) is 17.0. The van der Waals surface area contributed by atoms with Gasteiger partial charge in [0.15, 0.2) is 11.5 Å². The predicted octanol–water partition coefficient (Wildman–Crippen LogP) is 2.94. The minimum Gasteiger partial charge on any atom is -0.497 e. The van der Waals surface area contributed by atoms with Gasteiger partial charge in [-0.25, -0.2) is 0 Å². The van der Waals surface area contributed by atoms with Gasteiger partial charge in [-0.2, -0.15) is 0 Å². The van der Waals surface area contributed by atoms with Gasteiger partial charge < -0.3 is 24.4 Å². The lowest BCUT2D eigenvalue weighted by molar-refractivity contribution is -0.126. The van der Waals surface area contributed by atoms with Crippen LogP contribution in [0.4, 0.5) is 5.69 Å². The van der Waals surface area contributed by atoms with Crippen molar-refractivity contribution >= 4 is 17.5 Å². The Morgan fingerprint density at radius 1 is 1.03 bits per heavy atom. The number of carbonyl (C=O) groups is 2. The number of ether oxygens (including phenoxy) is 3. The van der Waals surface area contributed by atoms with Crippen molar-refractivity contribution < 1.29 is 23.8 Å². The first-order valence-corrected chi connectivity index (χ1v) is 9.43. The monoisotopic (exact) mass is 398 g/mol. The number of hydrogen-bond donors (Lipinski definition) is 1. The van der Waals surface area contributed by atoms with Crippen molar-refractivity contribution in [3.05, 3.63) is 48.0 Å². The summed E-state index contributed by atoms with van der Waals surface area (Å²) in [5.74, 6) is 1.36. The molecular weight excluding hydrogens is 372 g/mol. The molecule has 0 aliphatic carbocycles. The van der Waals surface area contributed by atoms with Crippen molar-refractivity contribution in [3.63, 3.8) is 0 Å². The van der Waals surface area contributed by atoms with Gasteiger partial charge >= 0.3 is 0 Å². The van der Waals surface area contributed by atoms with E-state index in [9.17, 15) is 9.59 Å². The van der Waals surface area contributed by atoms with E-state index < -0.39 is 5.92 Å². The van der Waals surface area contributed by atoms with Crippen LogP contribution in [0.5, 0.6) is 17.2 Å². The second kappa shape index (κ2) is 8.86. The first-order valence-electron chi connectivity index (χ1n) is 9.43. The summed E-state index contributed by atoms with van der Waals surface area (Å²) < 4.78 is 15.7. The lowest BCUT2D eigenvalue weighted by Crippen LogP contribution is -2.34. The third kappa shape index (κ3) is 4.45. The van der Waals surface area contributed by atoms with Crippen LogP contribution in [0, 0.1) is 5.92 Å². The molecule has 0 spiro atoms. The second-order valence-electron chi connectivity index (χ2n) is 6.95. The third-order valence-electron chi connectivity index (χ3n) is 5.15. The summed E-state index contributed by atoms with van der Waals surface area (Å²) in [5, 5.41) is 3.00. The molecule has 2 atom stereocenters. The Morgan fingerprint density at radius 2 is 1.72 bits per heavy atom. The second-order valence-corrected chi connectivity index (χ2v) is 6.95. The maximum atomic E-state index is 12.8. The number of nitrogens with zero attached hydrogens (tertiary/aromatic N) is 1. The lowest BCUT2D eigenvalue weighted by atomic mass is 10.0. The summed E-state index contributed by atoms with van der Waals surface area (Å²) in [6, 6.07) is 12.5. The molecule has 0 radical (unpaired) electrons. The fourth-order valence-electron chi connectivity index (χ4n) is 3.43. The van der Waals surface area contributed by atoms with Crippen molar-refractivity contribution in [2.75, 3.05) is 32.8 Å². The number of carbonyl (C=O) groups excluding carboxylic acids is 2. The first-order chi connectivity index (χ1) is 14.0. The maximum absolute atomic E-state index is 12.8. The molecule has 1 aliphatic heterocycles. The van der Waals surface area contributed by atoms with E-state index in [4.69, 9.17) is 14.2 Å². The van der Waals surface area contributed by atoms with Crippen LogP contribution in [0.3, 0.4) is 0 Å². The Balaban J connectivity index is 1.65. The van der Waals surface area contributed by atoms with Gasteiger partial charge in [0.2, 0.25) is 11.8 Å². The maximum Gasteiger partial charge on any atom is 0.227 e. The molecule has 2 amide bonds. The Bertz CT molecular complexity index is 881. The van der Waals surface area contributed by atoms with Gasteiger partial charge in [-0.15, -0.1) is 0 Å². The Hall–Kier alpha value is -3.22. The Kier molecular flexibility index (Phi) is 6.26. The van der Waals surface area contributed by atoms with Gasteiger partial charge in [0, 0.05) is 18.7 Å². The molecule has 29 heavy (non-hydrogen) atoms. The summed E-state index contributed by atoms with van der Waals surface area (Å²) in [6.45, 7) is 2.26. The largest absolute Gasteiger partial charge is 0.497 e. The molecule has 7 heteroatoms. The van der Waals surface area contributed by atoms with Gasteiger partial charge in [0.05, 0.1) is 33.3 Å². The van der Waals surface area contributed by atoms with Crippen LogP contribution in [0.1, 0.15) is 24.9 Å². The van der Waals surface area contributed by atoms with E-state index in [1.165, 1.54) is 0 Å². The van der Waals surface area contributed by atoms with Crippen molar-refractivity contribution in [3.8, 4) is 17.2 Å². The highest BCUT2D eigenvalue weighted by atomic mass is 16.5. The van der Waals surface area contributed by atoms with Gasteiger partial charge in [0.1, 0.15) is 5.75 Å². The average Bonchev–Trinajstić information content (AvgIpc) is 3.14. The average molecular weight is 398 g/mol. The minimum absolute atomic E-state index is 0.0610. The van der Waals surface area contributed by atoms with Crippen LogP contribution in [-0.4, -0.2) is 39.7 Å². The number of amides is 2. The number of benzene rings is 2. The van der Waals surface area contributed by atoms with Gasteiger partial charge in [-0.1, -0.05) is 6.07 Å². The molecular formula is C22H26N2O5. The Labute approximate surface area is 170 Å². The zero-order chi connectivity index (χ0) is 21.0. The molecule has 0 bridgehead atoms. The fourth-order valence-corrected chi connectivity index (χ4v) is 3.43. The molecule has 1 fully saturated rings. The van der Waals surface area contributed by atoms with E-state index in [0.717, 1.165) is 17.0 Å². The molecule has 3 rings (SSSR count). The Morgan fingerprint density at radius 3 is 2.34 bits per heavy atom. The van der Waals surface area contributed by atoms with Crippen molar-refractivity contribution in [2.45, 2.75) is 19.4 Å². The van der Waals surface area contributed by atoms with Crippen LogP contribution in [0.15, 0.2) is 42.5 Å². The zero-order valence-electron chi connectivity index (χ0n) is 17.1. The molecule has 2 aromatic rings. The fraction of sp³-hybridized carbons (Fsp3) is 0.364. The molecule has 154 valence electrons. The number of hydrogen-bond acceptors (Lipinski definition) is 5. The van der Waals surface area contributed by atoms with Crippen molar-refractivity contribution in [2.24, 2.45) is 5.92 Å². The van der Waals surface area contributed by atoms with Crippen molar-refractivity contribution in [1.82, 2.24) is 5.32 Å². The van der Waals surface area contributed by atoms with Crippen LogP contribution >= 0.6 is 0 Å². The summed E-state index contributed by atoms with van der Waals surface area (Å²) in [4.78, 5) is 26.8. The van der Waals surface area contributed by atoms with Crippen LogP contribution in [0.25, 0.3) is 0 Å². The highest BCUT2D eigenvalue weighted by molar-refractivity contribution is 6.00. The standard InChI is InChI=1S/C22H26N2O5/c1-14(15-5-10-19(28-3)20(11-15)29-4)23-22(26)16-12-21(25)24(13-16)17-6-8-18(27-2)9-7-17/h5-11,14,16H,12-13H2,1-4H3,(H,23,26)/t14-,16-/m1/s1. The molecule has 7 nitrogen and oxygen atoms in total. The molecule has 0 aromatic heterocycles. The SMILES string of the molecule is COc1ccc(N2C[C@H](C(=O)N[C@H](C)c3ccc(OC)c(OC)c3)CC2=O)cc1. The molecule has 1 heterocycles. The van der Waals surface area contributed by atoms with E-state index in [1.54, 1.807) is 44.4 Å². The van der Waals surface area contributed by atoms with E-state index in [0.29, 0.717) is 18.0 Å². The molecule has 1 aliphatic rings. The highest BCUT2D eigenvalue weighted by Gasteiger charge is 2.35. The van der Waals surface area contributed by atoms with Gasteiger partial charge in [-0.3, -0.25) is 9.59 Å². The van der Waals surface area contributed by atoms with Crippen LogP contribution < -0.4 is 24.4 Å². The summed E-state index contributed by atoms with van der Waals surface area (Å²) in [5.41, 5.74) is 1.66. The van der Waals surface area contributed by atoms with Crippen molar-refractivity contribution in [1.29, 1.82) is 0 Å². The first kappa shape index (κ1) is 20.5. The third-order valence-corrected chi connectivity index (χ3v) is 5.15. The van der Waals surface area contributed by atoms with E-state index in [2.05, 4.69) is 5.32 Å². The van der Waals surface area contributed by atoms with Gasteiger partial charge in [0.25, 0.3) is 0 Å². The minimum atomic E-state index is -0.396. The van der Waals surface area contributed by atoms with Crippen LogP contribution in [0.2, 0.25) is 0 Å². The number of methoxy groups -OCH3 is 3. The smallest absolute Gasteiger partial charge is 0.227 e. The molecule has 2 aromatic carbocycles. The number of rotatable bonds is 7. The quantitative estimate of drug-likeness (QED) is 0.776. The van der Waals surface area contributed by atoms with E-state index in [1.807, 2.05) is 31.2 Å². The summed E-state index contributed by atoms with van der Waals surface area (Å²) in [6.07, 6.45) is 0.191. The summed E-state index contributed by atoms with van der Waals surface area (Å²) in [7, 11) is 4.74. The molecule has 1 saturated heterocycles. The molecule has 1 N–H and O–H groups in total. The van der Waals surface area contributed by atoms with E-state index >= 15 is 0 Å². The topological polar surface area (TPSA) is 77.1 Å². The summed E-state index contributed by atoms with van der Waals surface area (Å²) >= 11 is 0. The van der Waals surface area contributed by atoms with Gasteiger partial charge in [-0.05, 0) is 48.9 Å². The number of anilines is 1. The predicted molar refractivity (Wildman–Crippen MR) is 110 cm³/mol. The van der Waals surface area contributed by atoms with Crippen LogP contribution in [-0.2, 0) is 9.59 Å².